The number of ether oxygens (including phenoxy) is 2. The first-order valence-corrected chi connectivity index (χ1v) is 5.19. The predicted octanol–water partition coefficient (Wildman–Crippen LogP) is 0.150. The minimum Gasteiger partial charge on any atom is -0.467 e. The van der Waals surface area contributed by atoms with Crippen LogP contribution in [0.25, 0.3) is 0 Å². The lowest BCUT2D eigenvalue weighted by molar-refractivity contribution is -0.172. The second kappa shape index (κ2) is 4.35. The Hall–Kier alpha value is -1.59. The van der Waals surface area contributed by atoms with E-state index < -0.39 is 29.0 Å². The normalized spacial score (nSPS) is 24.9. The third-order valence-electron chi connectivity index (χ3n) is 2.33. The van der Waals surface area contributed by atoms with Gasteiger partial charge in [0.1, 0.15) is 5.60 Å². The molecule has 0 aromatic rings. The van der Waals surface area contributed by atoms with E-state index in [1.54, 1.807) is 13.8 Å². The van der Waals surface area contributed by atoms with E-state index in [2.05, 4.69) is 10.1 Å². The summed E-state index contributed by atoms with van der Waals surface area (Å²) in [5, 5.41) is 2.32. The summed E-state index contributed by atoms with van der Waals surface area (Å²) in [6.07, 6.45) is 0.0664. The summed E-state index contributed by atoms with van der Waals surface area (Å²) in [6, 6.07) is 0. The highest BCUT2D eigenvalue weighted by Crippen LogP contribution is 2.25. The molecule has 0 aromatic heterocycles. The lowest BCUT2D eigenvalue weighted by Gasteiger charge is -2.28. The van der Waals surface area contributed by atoms with E-state index in [0.29, 0.717) is 0 Å². The van der Waals surface area contributed by atoms with Gasteiger partial charge in [-0.3, -0.25) is 4.79 Å². The largest absolute Gasteiger partial charge is 0.467 e. The molecule has 0 saturated carbocycles. The van der Waals surface area contributed by atoms with Gasteiger partial charge < -0.3 is 14.8 Å². The Labute approximate surface area is 101 Å². The summed E-state index contributed by atoms with van der Waals surface area (Å²) < 4.78 is 16.9. The summed E-state index contributed by atoms with van der Waals surface area (Å²) in [7, 11) is 1.14. The van der Waals surface area contributed by atoms with Crippen molar-refractivity contribution < 1.29 is 25.2 Å². The van der Waals surface area contributed by atoms with Gasteiger partial charge in [0.05, 0.1) is 7.11 Å². The molecule has 1 heterocycles. The van der Waals surface area contributed by atoms with Gasteiger partial charge in [-0.1, -0.05) is 0 Å². The summed E-state index contributed by atoms with van der Waals surface area (Å²) in [4.78, 5) is 35.0. The molecule has 1 fully saturated rings. The Morgan fingerprint density at radius 2 is 2.12 bits per heavy atom. The van der Waals surface area contributed by atoms with Crippen molar-refractivity contribution in [1.82, 2.24) is 5.32 Å². The quantitative estimate of drug-likeness (QED) is 0.552. The zero-order valence-electron chi connectivity index (χ0n) is 11.2. The van der Waals surface area contributed by atoms with Crippen molar-refractivity contribution in [2.45, 2.75) is 44.7 Å². The first-order valence-electron chi connectivity index (χ1n) is 5.90. The average Bonchev–Trinajstić information content (AvgIpc) is 2.71. The molecule has 6 heteroatoms. The fourth-order valence-corrected chi connectivity index (χ4v) is 1.57. The van der Waals surface area contributed by atoms with Crippen molar-refractivity contribution in [2.24, 2.45) is 0 Å². The average molecular weight is 244 g/mol. The third kappa shape index (κ3) is 2.75. The molecule has 1 rings (SSSR count). The third-order valence-corrected chi connectivity index (χ3v) is 2.33. The van der Waals surface area contributed by atoms with Crippen LogP contribution in [0.5, 0.6) is 0 Å². The molecule has 0 unspecified atom stereocenters. The molecule has 6 nitrogen and oxygen atoms in total. The molecule has 0 bridgehead atoms. The Morgan fingerprint density at radius 3 is 2.53 bits per heavy atom. The van der Waals surface area contributed by atoms with Gasteiger partial charge in [-0.05, 0) is 20.7 Å². The van der Waals surface area contributed by atoms with Crippen LogP contribution in [0.2, 0.25) is 0 Å². The molecule has 1 amide bonds. The van der Waals surface area contributed by atoms with Gasteiger partial charge in [0.25, 0.3) is 0 Å². The summed E-state index contributed by atoms with van der Waals surface area (Å²) in [5.41, 5.74) is -2.79. The van der Waals surface area contributed by atoms with Gasteiger partial charge in [-0.15, -0.1) is 0 Å². The Bertz CT molecular complexity index is 382. The molecule has 1 N–H and O–H groups in total. The van der Waals surface area contributed by atoms with Crippen LogP contribution in [0.15, 0.2) is 0 Å². The van der Waals surface area contributed by atoms with E-state index in [-0.39, 0.29) is 19.7 Å². The minimum atomic E-state index is -1.77. The second-order valence-electron chi connectivity index (χ2n) is 4.59. The number of esters is 2. The maximum atomic E-state index is 12.1. The highest BCUT2D eigenvalue weighted by atomic mass is 16.6. The fraction of sp³-hybridized carbons (Fsp3) is 0.727. The van der Waals surface area contributed by atoms with Crippen LogP contribution < -0.4 is 5.32 Å². The van der Waals surface area contributed by atoms with Crippen LogP contribution >= 0.6 is 0 Å². The molecule has 1 saturated heterocycles. The molecule has 1 aliphatic heterocycles. The standard InChI is InChI=1S/C11H17NO5/c1-10(2,3)17-9(15)11(8(14)16-4)6-5-7(13)12-11/h5-6H2,1-4H3,(H,12,13)/t11-/m0/s1/i1D. The number of carbonyl (C=O) groups excluding carboxylic acids is 3. The Balaban J connectivity index is 2.95. The molecular formula is C11H17NO5. The molecule has 0 spiro atoms. The van der Waals surface area contributed by atoms with Crippen molar-refractivity contribution in [3.05, 3.63) is 0 Å². The number of hydrogen-bond donors (Lipinski definition) is 1. The number of hydrogen-bond acceptors (Lipinski definition) is 5. The Morgan fingerprint density at radius 1 is 1.47 bits per heavy atom. The van der Waals surface area contributed by atoms with E-state index >= 15 is 0 Å². The van der Waals surface area contributed by atoms with E-state index in [4.69, 9.17) is 6.11 Å². The summed E-state index contributed by atoms with van der Waals surface area (Å²) >= 11 is 0. The van der Waals surface area contributed by atoms with Gasteiger partial charge in [-0.25, -0.2) is 9.59 Å². The fourth-order valence-electron chi connectivity index (χ4n) is 1.57. The van der Waals surface area contributed by atoms with Gasteiger partial charge in [0.15, 0.2) is 0 Å². The van der Waals surface area contributed by atoms with Crippen LogP contribution in [-0.4, -0.2) is 36.1 Å². The van der Waals surface area contributed by atoms with Crippen molar-refractivity contribution >= 4 is 17.8 Å². The number of nitrogens with one attached hydrogen (secondary N) is 1. The van der Waals surface area contributed by atoms with Crippen LogP contribution in [-0.2, 0) is 23.9 Å². The van der Waals surface area contributed by atoms with Crippen molar-refractivity contribution in [3.8, 4) is 0 Å². The van der Waals surface area contributed by atoms with Gasteiger partial charge in [0.2, 0.25) is 11.4 Å². The van der Waals surface area contributed by atoms with E-state index in [1.165, 1.54) is 0 Å². The second-order valence-corrected chi connectivity index (χ2v) is 4.59. The SMILES string of the molecule is [2H]CC(C)(C)OC(=O)[C@@]1(C(=O)OC)CCC(=O)N1. The molecule has 1 aliphatic rings. The summed E-state index contributed by atoms with van der Waals surface area (Å²) in [5.74, 6) is -2.13. The molecule has 0 aliphatic carbocycles. The maximum absolute atomic E-state index is 12.1. The molecule has 17 heavy (non-hydrogen) atoms. The van der Waals surface area contributed by atoms with Gasteiger partial charge in [-0.2, -0.15) is 0 Å². The van der Waals surface area contributed by atoms with Crippen LogP contribution in [0, 0.1) is 0 Å². The highest BCUT2D eigenvalue weighted by Gasteiger charge is 2.54. The summed E-state index contributed by atoms with van der Waals surface area (Å²) in [6.45, 7) is 2.96. The van der Waals surface area contributed by atoms with Crippen molar-refractivity contribution in [2.75, 3.05) is 7.11 Å². The number of rotatable bonds is 2. The topological polar surface area (TPSA) is 81.7 Å². The molecule has 0 aromatic carbocycles. The van der Waals surface area contributed by atoms with Crippen LogP contribution in [0.3, 0.4) is 0 Å². The smallest absolute Gasteiger partial charge is 0.344 e. The van der Waals surface area contributed by atoms with E-state index in [1.807, 2.05) is 0 Å². The maximum Gasteiger partial charge on any atom is 0.344 e. The molecule has 96 valence electrons. The number of carbonyl (C=O) groups is 3. The first-order chi connectivity index (χ1) is 8.27. The number of methoxy groups -OCH3 is 1. The first kappa shape index (κ1) is 11.9. The zero-order chi connectivity index (χ0) is 14.0. The van der Waals surface area contributed by atoms with Gasteiger partial charge >= 0.3 is 11.9 Å². The molecule has 1 atom stereocenters. The van der Waals surface area contributed by atoms with E-state index in [0.717, 1.165) is 7.11 Å². The number of amides is 1. The van der Waals surface area contributed by atoms with Gasteiger partial charge in [0, 0.05) is 14.2 Å². The molecule has 0 radical (unpaired) electrons. The van der Waals surface area contributed by atoms with Crippen LogP contribution in [0.4, 0.5) is 0 Å². The molecular weight excluding hydrogens is 226 g/mol. The van der Waals surface area contributed by atoms with Crippen molar-refractivity contribution in [1.29, 1.82) is 0 Å². The highest BCUT2D eigenvalue weighted by molar-refractivity contribution is 6.10. The van der Waals surface area contributed by atoms with Crippen LogP contribution in [0.1, 0.15) is 35.0 Å². The van der Waals surface area contributed by atoms with Crippen molar-refractivity contribution in [3.63, 3.8) is 0 Å². The minimum absolute atomic E-state index is 0.00538. The predicted molar refractivity (Wildman–Crippen MR) is 58.0 cm³/mol. The Kier molecular flexibility index (Phi) is 3.04. The van der Waals surface area contributed by atoms with E-state index in [9.17, 15) is 14.4 Å². The lowest BCUT2D eigenvalue weighted by atomic mass is 9.97. The zero-order valence-corrected chi connectivity index (χ0v) is 10.2. The monoisotopic (exact) mass is 244 g/mol. The lowest BCUT2D eigenvalue weighted by Crippen LogP contribution is -2.57.